The predicted octanol–water partition coefficient (Wildman–Crippen LogP) is 4.16. The number of hydrogen-bond donors (Lipinski definition) is 0. The van der Waals surface area contributed by atoms with Crippen molar-refractivity contribution in [1.82, 2.24) is 0 Å². The normalized spacial score (nSPS) is 14.6. The van der Waals surface area contributed by atoms with E-state index in [0.29, 0.717) is 17.2 Å². The Balaban J connectivity index is 3.31. The van der Waals surface area contributed by atoms with Crippen molar-refractivity contribution in [3.63, 3.8) is 0 Å². The molecule has 0 bridgehead atoms. The van der Waals surface area contributed by atoms with Crippen LogP contribution in [0.3, 0.4) is 0 Å². The summed E-state index contributed by atoms with van der Waals surface area (Å²) in [6, 6.07) is 0. The van der Waals surface area contributed by atoms with Crippen molar-refractivity contribution in [2.75, 3.05) is 13.2 Å². The molecule has 0 aromatic rings. The lowest BCUT2D eigenvalue weighted by molar-refractivity contribution is -0.174. The molecule has 0 aliphatic rings. The lowest BCUT2D eigenvalue weighted by Crippen LogP contribution is -2.17. The molecule has 0 saturated carbocycles. The molecule has 1 nitrogen and oxygen atoms in total. The van der Waals surface area contributed by atoms with Crippen LogP contribution < -0.4 is 0 Å². The highest BCUT2D eigenvalue weighted by Crippen LogP contribution is 2.18. The fraction of sp³-hybridized carbons (Fsp3) is 1.00. The molecule has 0 aromatic heterocycles. The average molecular weight is 291 g/mol. The summed E-state index contributed by atoms with van der Waals surface area (Å²) in [5, 5.41) is 0. The zero-order valence-corrected chi connectivity index (χ0v) is 10.7. The van der Waals surface area contributed by atoms with Gasteiger partial charge in [-0.2, -0.15) is 13.2 Å². The van der Waals surface area contributed by atoms with E-state index in [0.717, 1.165) is 12.8 Å². The van der Waals surface area contributed by atoms with Crippen LogP contribution in [0.15, 0.2) is 0 Å². The Hall–Kier alpha value is 0.230. The van der Waals surface area contributed by atoms with Gasteiger partial charge >= 0.3 is 6.18 Å². The number of hydrogen-bond acceptors (Lipinski definition) is 1. The first-order chi connectivity index (χ1) is 6.81. The third-order valence-corrected chi connectivity index (χ3v) is 2.63. The van der Waals surface area contributed by atoms with E-state index in [2.05, 4.69) is 34.5 Å². The highest BCUT2D eigenvalue weighted by Gasteiger charge is 2.27. The van der Waals surface area contributed by atoms with Crippen molar-refractivity contribution < 1.29 is 17.9 Å². The summed E-state index contributed by atoms with van der Waals surface area (Å²) in [6.07, 6.45) is -1.64. The summed E-state index contributed by atoms with van der Waals surface area (Å²) in [4.78, 5) is 0.381. The van der Waals surface area contributed by atoms with Crippen molar-refractivity contribution in [3.05, 3.63) is 0 Å². The highest BCUT2D eigenvalue weighted by atomic mass is 79.9. The molecular formula is C10H18BrF3O. The second-order valence-corrected chi connectivity index (χ2v) is 5.33. The Morgan fingerprint density at radius 2 is 1.87 bits per heavy atom. The molecule has 0 aliphatic heterocycles. The summed E-state index contributed by atoms with van der Waals surface area (Å²) in [5.41, 5.74) is 0. The summed E-state index contributed by atoms with van der Waals surface area (Å²) in [5.74, 6) is 0.602. The summed E-state index contributed by atoms with van der Waals surface area (Å²) in [7, 11) is 0. The topological polar surface area (TPSA) is 9.23 Å². The smallest absolute Gasteiger partial charge is 0.372 e. The van der Waals surface area contributed by atoms with E-state index in [1.165, 1.54) is 0 Å². The van der Waals surface area contributed by atoms with Crippen LogP contribution in [0.5, 0.6) is 0 Å². The summed E-state index contributed by atoms with van der Waals surface area (Å²) >= 11 is 3.49. The molecule has 0 heterocycles. The van der Waals surface area contributed by atoms with Gasteiger partial charge in [0.15, 0.2) is 0 Å². The molecule has 1 unspecified atom stereocenters. The molecule has 0 fully saturated rings. The molecule has 92 valence electrons. The minimum absolute atomic E-state index is 0.180. The second-order valence-electron chi connectivity index (χ2n) is 4.04. The summed E-state index contributed by atoms with van der Waals surface area (Å²) in [6.45, 7) is 3.28. The molecular weight excluding hydrogens is 273 g/mol. The van der Waals surface area contributed by atoms with Crippen LogP contribution in [0.4, 0.5) is 13.2 Å². The zero-order chi connectivity index (χ0) is 11.9. The van der Waals surface area contributed by atoms with Crippen LogP contribution in [0.2, 0.25) is 0 Å². The molecule has 5 heteroatoms. The zero-order valence-electron chi connectivity index (χ0n) is 9.11. The van der Waals surface area contributed by atoms with Gasteiger partial charge in [0, 0.05) is 11.4 Å². The maximum Gasteiger partial charge on any atom is 0.411 e. The molecule has 0 aromatic carbocycles. The summed E-state index contributed by atoms with van der Waals surface area (Å²) < 4.78 is 39.5. The fourth-order valence-electron chi connectivity index (χ4n) is 1.22. The number of rotatable bonds is 7. The van der Waals surface area contributed by atoms with Gasteiger partial charge in [0.05, 0.1) is 0 Å². The third kappa shape index (κ3) is 12.2. The standard InChI is InChI=1S/C10H18BrF3O/c1-8(2)6-9(11)4-3-5-15-7-10(12,13)14/h8-9H,3-7H2,1-2H3. The van der Waals surface area contributed by atoms with E-state index in [1.54, 1.807) is 0 Å². The Morgan fingerprint density at radius 1 is 1.27 bits per heavy atom. The van der Waals surface area contributed by atoms with Gasteiger partial charge in [-0.05, 0) is 25.2 Å². The number of alkyl halides is 4. The van der Waals surface area contributed by atoms with E-state index in [4.69, 9.17) is 0 Å². The van der Waals surface area contributed by atoms with Crippen molar-refractivity contribution in [2.45, 2.75) is 44.1 Å². The number of halogens is 4. The maximum absolute atomic E-state index is 11.7. The highest BCUT2D eigenvalue weighted by molar-refractivity contribution is 9.09. The number of ether oxygens (including phenoxy) is 1. The molecule has 0 N–H and O–H groups in total. The van der Waals surface area contributed by atoms with E-state index in [1.807, 2.05) is 0 Å². The van der Waals surface area contributed by atoms with Crippen LogP contribution in [0.25, 0.3) is 0 Å². The Labute approximate surface area is 97.5 Å². The largest absolute Gasteiger partial charge is 0.411 e. The fourth-order valence-corrected chi connectivity index (χ4v) is 2.30. The minimum atomic E-state index is -4.20. The SMILES string of the molecule is CC(C)CC(Br)CCCOCC(F)(F)F. The van der Waals surface area contributed by atoms with Gasteiger partial charge in [-0.15, -0.1) is 0 Å². The first kappa shape index (κ1) is 15.2. The molecule has 0 amide bonds. The Kier molecular flexibility index (Phi) is 7.61. The van der Waals surface area contributed by atoms with E-state index in [9.17, 15) is 13.2 Å². The first-order valence-corrected chi connectivity index (χ1v) is 6.01. The third-order valence-electron chi connectivity index (χ3n) is 1.80. The van der Waals surface area contributed by atoms with Gasteiger partial charge in [-0.25, -0.2) is 0 Å². The van der Waals surface area contributed by atoms with Crippen LogP contribution in [0.1, 0.15) is 33.1 Å². The first-order valence-electron chi connectivity index (χ1n) is 5.10. The van der Waals surface area contributed by atoms with Gasteiger partial charge < -0.3 is 4.74 Å². The lowest BCUT2D eigenvalue weighted by Gasteiger charge is -2.12. The van der Waals surface area contributed by atoms with E-state index >= 15 is 0 Å². The Bertz CT molecular complexity index is 159. The monoisotopic (exact) mass is 290 g/mol. The lowest BCUT2D eigenvalue weighted by atomic mass is 10.1. The quantitative estimate of drug-likeness (QED) is 0.505. The molecule has 0 rings (SSSR count). The van der Waals surface area contributed by atoms with Gasteiger partial charge in [-0.1, -0.05) is 29.8 Å². The Morgan fingerprint density at radius 3 is 2.33 bits per heavy atom. The molecule has 0 spiro atoms. The van der Waals surface area contributed by atoms with Crippen LogP contribution >= 0.6 is 15.9 Å². The van der Waals surface area contributed by atoms with Crippen molar-refractivity contribution in [3.8, 4) is 0 Å². The van der Waals surface area contributed by atoms with Crippen LogP contribution in [-0.4, -0.2) is 24.2 Å². The van der Waals surface area contributed by atoms with Crippen molar-refractivity contribution in [2.24, 2.45) is 5.92 Å². The molecule has 1 atom stereocenters. The molecule has 0 radical (unpaired) electrons. The minimum Gasteiger partial charge on any atom is -0.372 e. The van der Waals surface area contributed by atoms with Gasteiger partial charge in [0.2, 0.25) is 0 Å². The molecule has 15 heavy (non-hydrogen) atoms. The van der Waals surface area contributed by atoms with Crippen LogP contribution in [-0.2, 0) is 4.74 Å². The van der Waals surface area contributed by atoms with Gasteiger partial charge in [-0.3, -0.25) is 0 Å². The van der Waals surface area contributed by atoms with Gasteiger partial charge in [0.1, 0.15) is 6.61 Å². The maximum atomic E-state index is 11.7. The van der Waals surface area contributed by atoms with E-state index in [-0.39, 0.29) is 6.61 Å². The van der Waals surface area contributed by atoms with Crippen LogP contribution in [0, 0.1) is 5.92 Å². The molecule has 0 saturated heterocycles. The molecule has 0 aliphatic carbocycles. The average Bonchev–Trinajstić information content (AvgIpc) is 1.99. The second kappa shape index (κ2) is 7.49. The van der Waals surface area contributed by atoms with Gasteiger partial charge in [0.25, 0.3) is 0 Å². The van der Waals surface area contributed by atoms with Crippen molar-refractivity contribution in [1.29, 1.82) is 0 Å². The van der Waals surface area contributed by atoms with E-state index < -0.39 is 12.8 Å². The van der Waals surface area contributed by atoms with Crippen molar-refractivity contribution >= 4 is 15.9 Å². The predicted molar refractivity (Wildman–Crippen MR) is 58.3 cm³/mol.